The Morgan fingerprint density at radius 1 is 1.15 bits per heavy atom. The third kappa shape index (κ3) is 4.64. The van der Waals surface area contributed by atoms with E-state index in [1.54, 1.807) is 12.1 Å². The summed E-state index contributed by atoms with van der Waals surface area (Å²) < 4.78 is 75.6. The highest BCUT2D eigenvalue weighted by Gasteiger charge is 2.38. The molecule has 184 valence electrons. The van der Waals surface area contributed by atoms with Crippen LogP contribution in [0, 0.1) is 11.7 Å². The summed E-state index contributed by atoms with van der Waals surface area (Å²) in [7, 11) is -3.35. The zero-order valence-electron chi connectivity index (χ0n) is 21.8. The van der Waals surface area contributed by atoms with Gasteiger partial charge in [0.05, 0.1) is 19.8 Å². The first-order valence-electron chi connectivity index (χ1n) is 13.0. The Hall–Kier alpha value is -2.27. The van der Waals surface area contributed by atoms with E-state index in [1.807, 2.05) is 4.90 Å². The fourth-order valence-corrected chi connectivity index (χ4v) is 6.38. The number of aromatic nitrogens is 1. The molecule has 2 aromatic rings. The Bertz CT molecular complexity index is 1320. The van der Waals surface area contributed by atoms with Crippen molar-refractivity contribution < 1.29 is 26.4 Å². The van der Waals surface area contributed by atoms with E-state index in [2.05, 4.69) is 0 Å². The third-order valence-corrected chi connectivity index (χ3v) is 9.11. The van der Waals surface area contributed by atoms with Crippen molar-refractivity contribution in [1.29, 1.82) is 0 Å². The third-order valence-electron chi connectivity index (χ3n) is 6.91. The lowest BCUT2D eigenvalue weighted by Gasteiger charge is -2.36. The molecule has 2 fully saturated rings. The zero-order valence-corrected chi connectivity index (χ0v) is 19.6. The quantitative estimate of drug-likeness (QED) is 0.585. The maximum Gasteiger partial charge on any atom is 0.292 e. The van der Waals surface area contributed by atoms with Gasteiger partial charge in [-0.1, -0.05) is 6.07 Å². The molecule has 3 aliphatic heterocycles. The minimum absolute atomic E-state index is 0.0478. The van der Waals surface area contributed by atoms with Crippen molar-refractivity contribution in [2.45, 2.75) is 37.7 Å². The summed E-state index contributed by atoms with van der Waals surface area (Å²) in [5, 5.41) is -0.465. The van der Waals surface area contributed by atoms with Gasteiger partial charge in [0.15, 0.2) is 5.75 Å². The average molecular weight is 495 g/mol. The molecule has 0 N–H and O–H groups in total. The summed E-state index contributed by atoms with van der Waals surface area (Å²) in [6.07, 6.45) is 1.18. The van der Waals surface area contributed by atoms with Gasteiger partial charge >= 0.3 is 0 Å². The Kier molecular flexibility index (Phi) is 5.53. The van der Waals surface area contributed by atoms with Gasteiger partial charge in [0.25, 0.3) is 5.56 Å². The molecule has 34 heavy (non-hydrogen) atoms. The summed E-state index contributed by atoms with van der Waals surface area (Å²) in [5.41, 5.74) is 1.42. The monoisotopic (exact) mass is 494 g/mol. The van der Waals surface area contributed by atoms with Crippen molar-refractivity contribution in [3.8, 4) is 5.75 Å². The summed E-state index contributed by atoms with van der Waals surface area (Å²) in [6, 6.07) is 7.69. The topological polar surface area (TPSA) is 81.1 Å². The molecule has 0 unspecified atom stereocenters. The van der Waals surface area contributed by atoms with Crippen molar-refractivity contribution in [2.75, 3.05) is 32.9 Å². The molecular formula is C24H30FN3O5S. The molecule has 1 aromatic heterocycles. The molecule has 8 nitrogen and oxygen atoms in total. The average Bonchev–Trinajstić information content (AvgIpc) is 3.18. The van der Waals surface area contributed by atoms with Gasteiger partial charge in [0.1, 0.15) is 11.1 Å². The number of piperidine rings is 1. The Balaban J connectivity index is 1.23. The van der Waals surface area contributed by atoms with E-state index in [0.717, 1.165) is 15.7 Å². The van der Waals surface area contributed by atoms with Crippen molar-refractivity contribution in [3.05, 3.63) is 63.3 Å². The fraction of sp³-hybridized carbons (Fsp3) is 0.542. The van der Waals surface area contributed by atoms with Crippen LogP contribution >= 0.6 is 0 Å². The van der Waals surface area contributed by atoms with E-state index in [1.165, 1.54) is 22.5 Å². The van der Waals surface area contributed by atoms with Crippen LogP contribution < -0.4 is 10.3 Å². The second kappa shape index (κ2) is 9.41. The van der Waals surface area contributed by atoms with Gasteiger partial charge in [0.2, 0.25) is 10.0 Å². The first-order chi connectivity index (χ1) is 17.5. The van der Waals surface area contributed by atoms with Crippen molar-refractivity contribution >= 4 is 10.0 Å². The highest BCUT2D eigenvalue weighted by molar-refractivity contribution is 7.89. The molecule has 1 aromatic carbocycles. The second-order valence-electron chi connectivity index (χ2n) is 9.25. The number of hydrogen-bond donors (Lipinski definition) is 0. The number of ether oxygens (including phenoxy) is 2. The molecule has 0 bridgehead atoms. The molecule has 4 heterocycles. The van der Waals surface area contributed by atoms with Crippen LogP contribution in [0.5, 0.6) is 5.75 Å². The predicted octanol–water partition coefficient (Wildman–Crippen LogP) is 1.86. The smallest absolute Gasteiger partial charge is 0.292 e. The number of rotatable bonds is 7. The summed E-state index contributed by atoms with van der Waals surface area (Å²) in [6.45, 7) is -0.0584. The first-order valence-corrected chi connectivity index (χ1v) is 13.0. The largest absolute Gasteiger partial charge is 0.488 e. The van der Waals surface area contributed by atoms with Gasteiger partial charge in [-0.2, -0.15) is 0 Å². The van der Waals surface area contributed by atoms with E-state index in [-0.39, 0.29) is 43.9 Å². The lowest BCUT2D eigenvalue weighted by molar-refractivity contribution is 0.0384. The maximum atomic E-state index is 13.6. The minimum Gasteiger partial charge on any atom is -0.488 e. The molecule has 3 aliphatic rings. The van der Waals surface area contributed by atoms with Crippen LogP contribution in [0.4, 0.5) is 4.39 Å². The second-order valence-corrected chi connectivity index (χ2v) is 11.5. The fourth-order valence-electron chi connectivity index (χ4n) is 4.70. The van der Waals surface area contributed by atoms with Crippen LogP contribution in [0.25, 0.3) is 0 Å². The Morgan fingerprint density at radius 3 is 2.62 bits per heavy atom. The molecule has 0 radical (unpaired) electrons. The summed E-state index contributed by atoms with van der Waals surface area (Å²) in [4.78, 5) is 15.1. The maximum absolute atomic E-state index is 13.6. The lowest BCUT2D eigenvalue weighted by Crippen LogP contribution is -2.51. The van der Waals surface area contributed by atoms with Gasteiger partial charge in [-0.05, 0) is 54.2 Å². The number of fused-ring (bicyclic) bond motifs is 1. The highest BCUT2D eigenvalue weighted by Crippen LogP contribution is 2.26. The number of hydrogen-bond acceptors (Lipinski definition) is 6. The van der Waals surface area contributed by atoms with E-state index >= 15 is 0 Å². The standard InChI is InChI=1S/C24H30FN3O5S/c1-26-21(13-27-11-18-2-3-20(25)10-19(18)12-27)4-5-23(24(26)29)33-14-17-6-8-28(9-7-17)34(30,31)22-15-32-16-22/h2-5,10,17,22H,6-9,11-16H2,1H3/i1D3. The molecule has 2 saturated heterocycles. The summed E-state index contributed by atoms with van der Waals surface area (Å²) >= 11 is 0. The van der Waals surface area contributed by atoms with Gasteiger partial charge in [-0.3, -0.25) is 9.69 Å². The molecule has 0 amide bonds. The van der Waals surface area contributed by atoms with Crippen molar-refractivity contribution in [3.63, 3.8) is 0 Å². The number of nitrogens with zero attached hydrogens (tertiary/aromatic N) is 3. The molecular weight excluding hydrogens is 461 g/mol. The van der Waals surface area contributed by atoms with Crippen LogP contribution in [0.3, 0.4) is 0 Å². The van der Waals surface area contributed by atoms with Crippen LogP contribution in [0.15, 0.2) is 35.1 Å². The number of halogens is 1. The summed E-state index contributed by atoms with van der Waals surface area (Å²) in [5.74, 6) is -0.317. The zero-order chi connectivity index (χ0) is 26.4. The van der Waals surface area contributed by atoms with Crippen LogP contribution in [-0.4, -0.2) is 60.4 Å². The molecule has 0 saturated carbocycles. The number of sulfonamides is 1. The van der Waals surface area contributed by atoms with Gasteiger partial charge in [0, 0.05) is 49.5 Å². The molecule has 5 rings (SSSR count). The van der Waals surface area contributed by atoms with Crippen molar-refractivity contribution in [2.24, 2.45) is 12.9 Å². The van der Waals surface area contributed by atoms with Crippen LogP contribution in [-0.2, 0) is 41.4 Å². The lowest BCUT2D eigenvalue weighted by atomic mass is 9.99. The van der Waals surface area contributed by atoms with Gasteiger partial charge < -0.3 is 14.0 Å². The number of pyridine rings is 1. The minimum atomic E-state index is -3.35. The SMILES string of the molecule is [2H]C([2H])([2H])n1c(CN2Cc3ccc(F)cc3C2)ccc(OCC2CCN(S(=O)(=O)C3COC3)CC2)c1=O. The Morgan fingerprint density at radius 2 is 1.91 bits per heavy atom. The van der Waals surface area contributed by atoms with E-state index in [4.69, 9.17) is 13.6 Å². The number of benzene rings is 1. The van der Waals surface area contributed by atoms with E-state index in [0.29, 0.717) is 44.7 Å². The van der Waals surface area contributed by atoms with E-state index < -0.39 is 27.8 Å². The Labute approximate surface area is 203 Å². The molecule has 0 atom stereocenters. The van der Waals surface area contributed by atoms with Crippen molar-refractivity contribution in [1.82, 2.24) is 13.8 Å². The highest BCUT2D eigenvalue weighted by atomic mass is 32.2. The van der Waals surface area contributed by atoms with E-state index in [9.17, 15) is 17.6 Å². The molecule has 0 aliphatic carbocycles. The van der Waals surface area contributed by atoms with Gasteiger partial charge in [-0.25, -0.2) is 17.1 Å². The van der Waals surface area contributed by atoms with Crippen LogP contribution in [0.2, 0.25) is 0 Å². The normalized spacial score (nSPS) is 22.0. The molecule has 0 spiro atoms. The first kappa shape index (κ1) is 20.0. The van der Waals surface area contributed by atoms with Crippen LogP contribution in [0.1, 0.15) is 33.8 Å². The predicted molar refractivity (Wildman–Crippen MR) is 124 cm³/mol. The molecule has 10 heteroatoms. The van der Waals surface area contributed by atoms with Gasteiger partial charge in [-0.15, -0.1) is 0 Å².